The molecule has 4 fully saturated rings. The second-order valence-electron chi connectivity index (χ2n) is 13.1. The van der Waals surface area contributed by atoms with Gasteiger partial charge in [-0.3, -0.25) is 4.79 Å². The van der Waals surface area contributed by atoms with E-state index in [2.05, 4.69) is 24.5 Å². The van der Waals surface area contributed by atoms with Crippen molar-refractivity contribution in [1.29, 1.82) is 0 Å². The Balaban J connectivity index is 1.24. The first kappa shape index (κ1) is 29.9. The van der Waals surface area contributed by atoms with Gasteiger partial charge in [0, 0.05) is 43.7 Å². The van der Waals surface area contributed by atoms with E-state index in [9.17, 15) is 17.6 Å². The molecule has 8 atom stereocenters. The van der Waals surface area contributed by atoms with Crippen molar-refractivity contribution in [3.05, 3.63) is 35.6 Å². The van der Waals surface area contributed by atoms with E-state index in [0.29, 0.717) is 32.0 Å². The zero-order chi connectivity index (χ0) is 28.5. The summed E-state index contributed by atoms with van der Waals surface area (Å²) in [6.45, 7) is 6.00. The van der Waals surface area contributed by atoms with Crippen LogP contribution >= 0.6 is 0 Å². The molecular weight excluding hydrogens is 531 g/mol. The smallest absolute Gasteiger partial charge is 0.237 e. The molecule has 1 aromatic rings. The van der Waals surface area contributed by atoms with Gasteiger partial charge in [0.15, 0.2) is 0 Å². The molecule has 2 bridgehead atoms. The standard InChI is InChI=1S/C30H47FN4O4S/c1-30(2)17-22(14-15-39-30)27(21-8-11-23(31)12-9-21)28(32)29(36)34-26-7-3-5-20(26)10-13-25-18-33-24-6-4-16-40(37,38)35(25)19-24/h8-9,11-12,20,22,24-28,33H,3-7,10,13-19,32H2,1-2H3,(H,34,36)/t20-,22?,24-,25+,26+,27+,28+/m1/s1. The number of nitrogens with one attached hydrogen (secondary N) is 2. The van der Waals surface area contributed by atoms with E-state index in [0.717, 1.165) is 56.9 Å². The molecule has 0 aromatic heterocycles. The predicted octanol–water partition coefficient (Wildman–Crippen LogP) is 3.27. The Bertz CT molecular complexity index is 1130. The van der Waals surface area contributed by atoms with Gasteiger partial charge in [-0.15, -0.1) is 0 Å². The minimum atomic E-state index is -3.21. The van der Waals surface area contributed by atoms with Crippen LogP contribution in [-0.4, -0.2) is 73.8 Å². The predicted molar refractivity (Wildman–Crippen MR) is 154 cm³/mol. The third-order valence-electron chi connectivity index (χ3n) is 9.81. The van der Waals surface area contributed by atoms with Crippen LogP contribution in [0.4, 0.5) is 4.39 Å². The first-order chi connectivity index (χ1) is 19.0. The van der Waals surface area contributed by atoms with Crippen LogP contribution < -0.4 is 16.4 Å². The Morgan fingerprint density at radius 1 is 1.18 bits per heavy atom. The number of piperazine rings is 1. The maximum absolute atomic E-state index is 13.8. The number of ether oxygens (including phenoxy) is 1. The average molecular weight is 579 g/mol. The van der Waals surface area contributed by atoms with Crippen LogP contribution in [0.25, 0.3) is 0 Å². The highest BCUT2D eigenvalue weighted by Gasteiger charge is 2.41. The highest BCUT2D eigenvalue weighted by Crippen LogP contribution is 2.40. The molecule has 4 N–H and O–H groups in total. The molecule has 40 heavy (non-hydrogen) atoms. The van der Waals surface area contributed by atoms with E-state index in [1.165, 1.54) is 12.1 Å². The van der Waals surface area contributed by atoms with Crippen LogP contribution in [0.5, 0.6) is 0 Å². The van der Waals surface area contributed by atoms with Crippen molar-refractivity contribution in [2.24, 2.45) is 17.6 Å². The molecule has 1 aliphatic carbocycles. The summed E-state index contributed by atoms with van der Waals surface area (Å²) in [5, 5.41) is 6.85. The van der Waals surface area contributed by atoms with Gasteiger partial charge in [0.2, 0.25) is 15.9 Å². The minimum Gasteiger partial charge on any atom is -0.376 e. The normalized spacial score (nSPS) is 34.9. The molecule has 224 valence electrons. The molecule has 3 heterocycles. The number of carbonyl (C=O) groups excluding carboxylic acids is 1. The van der Waals surface area contributed by atoms with Gasteiger partial charge in [0.1, 0.15) is 5.82 Å². The van der Waals surface area contributed by atoms with Crippen LogP contribution in [0, 0.1) is 17.7 Å². The molecule has 1 saturated carbocycles. The molecule has 1 aromatic carbocycles. The fourth-order valence-electron chi connectivity index (χ4n) is 7.71. The highest BCUT2D eigenvalue weighted by molar-refractivity contribution is 7.89. The second-order valence-corrected chi connectivity index (χ2v) is 15.2. The Kier molecular flexibility index (Phi) is 9.22. The van der Waals surface area contributed by atoms with Crippen LogP contribution in [0.2, 0.25) is 0 Å². The number of halogens is 1. The number of nitrogens with zero attached hydrogens (tertiary/aromatic N) is 1. The van der Waals surface area contributed by atoms with Crippen molar-refractivity contribution in [3.63, 3.8) is 0 Å². The largest absolute Gasteiger partial charge is 0.376 e. The number of nitrogens with two attached hydrogens (primary N) is 1. The number of hydrogen-bond donors (Lipinski definition) is 3. The summed E-state index contributed by atoms with van der Waals surface area (Å²) in [5.74, 6) is -0.0205. The average Bonchev–Trinajstić information content (AvgIpc) is 3.30. The van der Waals surface area contributed by atoms with Crippen molar-refractivity contribution in [2.75, 3.05) is 25.4 Å². The van der Waals surface area contributed by atoms with Crippen LogP contribution in [0.3, 0.4) is 0 Å². The van der Waals surface area contributed by atoms with Gasteiger partial charge in [-0.25, -0.2) is 12.8 Å². The minimum absolute atomic E-state index is 0.0294. The summed E-state index contributed by atoms with van der Waals surface area (Å²) in [6.07, 6.45) is 7.82. The quantitative estimate of drug-likeness (QED) is 0.437. The van der Waals surface area contributed by atoms with E-state index >= 15 is 0 Å². The summed E-state index contributed by atoms with van der Waals surface area (Å²) in [5.41, 5.74) is 7.32. The number of rotatable bonds is 8. The number of sulfonamides is 1. The zero-order valence-electron chi connectivity index (χ0n) is 24.0. The number of amides is 1. The molecule has 3 aliphatic heterocycles. The van der Waals surface area contributed by atoms with Crippen molar-refractivity contribution in [2.45, 2.75) is 107 Å². The lowest BCUT2D eigenvalue weighted by Crippen LogP contribution is -2.57. The number of hydrogen-bond acceptors (Lipinski definition) is 6. The van der Waals surface area contributed by atoms with Gasteiger partial charge in [0.25, 0.3) is 0 Å². The SMILES string of the molecule is CC1(C)CC([C@H](c2ccc(F)cc2)[C@H](N)C(=O)N[C@H]2CCC[C@@H]2CC[C@H]2CN[C@@H]3CCCS(=O)(=O)N2C3)CCO1. The number of carbonyl (C=O) groups is 1. The van der Waals surface area contributed by atoms with Crippen molar-refractivity contribution in [1.82, 2.24) is 14.9 Å². The van der Waals surface area contributed by atoms with E-state index in [-0.39, 0.29) is 53.0 Å². The fraction of sp³-hybridized carbons (Fsp3) is 0.767. The van der Waals surface area contributed by atoms with Crippen LogP contribution in [0.15, 0.2) is 24.3 Å². The van der Waals surface area contributed by atoms with Gasteiger partial charge >= 0.3 is 0 Å². The first-order valence-corrected chi connectivity index (χ1v) is 16.8. The van der Waals surface area contributed by atoms with E-state index < -0.39 is 16.1 Å². The topological polar surface area (TPSA) is 114 Å². The van der Waals surface area contributed by atoms with Crippen molar-refractivity contribution in [3.8, 4) is 0 Å². The molecule has 3 saturated heterocycles. The second kappa shape index (κ2) is 12.3. The van der Waals surface area contributed by atoms with Crippen molar-refractivity contribution < 1.29 is 22.3 Å². The van der Waals surface area contributed by atoms with Gasteiger partial charge < -0.3 is 21.1 Å². The molecule has 4 aliphatic rings. The maximum atomic E-state index is 13.8. The lowest BCUT2D eigenvalue weighted by atomic mass is 9.73. The summed E-state index contributed by atoms with van der Waals surface area (Å²) in [7, 11) is -3.21. The maximum Gasteiger partial charge on any atom is 0.237 e. The van der Waals surface area contributed by atoms with Gasteiger partial charge in [-0.2, -0.15) is 4.31 Å². The number of benzene rings is 1. The Hall–Kier alpha value is -1.59. The third-order valence-corrected chi connectivity index (χ3v) is 11.8. The van der Waals surface area contributed by atoms with Crippen LogP contribution in [-0.2, 0) is 19.6 Å². The molecule has 5 rings (SSSR count). The molecular formula is C30H47FN4O4S. The third kappa shape index (κ3) is 6.89. The van der Waals surface area contributed by atoms with E-state index in [1.54, 1.807) is 16.4 Å². The Labute approximate surface area is 239 Å². The first-order valence-electron chi connectivity index (χ1n) is 15.2. The summed E-state index contributed by atoms with van der Waals surface area (Å²) in [6, 6.07) is 5.90. The van der Waals surface area contributed by atoms with E-state index in [4.69, 9.17) is 10.5 Å². The monoisotopic (exact) mass is 578 g/mol. The molecule has 1 amide bonds. The molecule has 10 heteroatoms. The van der Waals surface area contributed by atoms with Gasteiger partial charge in [0.05, 0.1) is 17.4 Å². The molecule has 0 radical (unpaired) electrons. The summed E-state index contributed by atoms with van der Waals surface area (Å²) in [4.78, 5) is 13.7. The summed E-state index contributed by atoms with van der Waals surface area (Å²) < 4.78 is 47.2. The van der Waals surface area contributed by atoms with Gasteiger partial charge in [-0.1, -0.05) is 18.6 Å². The fourth-order valence-corrected chi connectivity index (χ4v) is 9.52. The Morgan fingerprint density at radius 2 is 1.95 bits per heavy atom. The highest BCUT2D eigenvalue weighted by atomic mass is 32.2. The van der Waals surface area contributed by atoms with Crippen LogP contribution in [0.1, 0.15) is 83.1 Å². The lowest BCUT2D eigenvalue weighted by molar-refractivity contribution is -0.125. The molecule has 0 spiro atoms. The zero-order valence-corrected chi connectivity index (χ0v) is 24.8. The van der Waals surface area contributed by atoms with Crippen molar-refractivity contribution >= 4 is 15.9 Å². The molecule has 8 nitrogen and oxygen atoms in total. The number of fused-ring (bicyclic) bond motifs is 2. The Morgan fingerprint density at radius 3 is 2.70 bits per heavy atom. The molecule has 2 unspecified atom stereocenters. The summed E-state index contributed by atoms with van der Waals surface area (Å²) >= 11 is 0. The van der Waals surface area contributed by atoms with E-state index in [1.807, 2.05) is 0 Å². The van der Waals surface area contributed by atoms with Gasteiger partial charge in [-0.05, 0) is 94.7 Å². The lowest BCUT2D eigenvalue weighted by Gasteiger charge is -2.41.